The highest BCUT2D eigenvalue weighted by Gasteiger charge is 2.10. The van der Waals surface area contributed by atoms with Gasteiger partial charge in [0.05, 0.1) is 5.52 Å². The summed E-state index contributed by atoms with van der Waals surface area (Å²) >= 11 is 0. The molecular weight excluding hydrogens is 218 g/mol. The molecule has 1 aromatic heterocycles. The van der Waals surface area contributed by atoms with E-state index in [4.69, 9.17) is 5.11 Å². The zero-order chi connectivity index (χ0) is 12.3. The minimum atomic E-state index is -1.25. The first-order valence-electron chi connectivity index (χ1n) is 5.02. The predicted octanol–water partition coefficient (Wildman–Crippen LogP) is 1.62. The molecule has 4 nitrogen and oxygen atoms in total. The second kappa shape index (κ2) is 4.60. The van der Waals surface area contributed by atoms with Gasteiger partial charge in [-0.25, -0.2) is 9.59 Å². The van der Waals surface area contributed by atoms with Gasteiger partial charge in [0.25, 0.3) is 0 Å². The number of rotatable bonds is 3. The number of hydrogen-bond acceptors (Lipinski definition) is 3. The standard InChI is InChI=1S/C13H9NO3/c15-8-10(13(16)17)7-11-6-5-9-3-1-2-4-12(9)14-11/h1-6H,7H2,(H,16,17). The van der Waals surface area contributed by atoms with Gasteiger partial charge in [-0.2, -0.15) is 0 Å². The number of carboxylic acids is 1. The van der Waals surface area contributed by atoms with Crippen molar-refractivity contribution in [3.8, 4) is 0 Å². The van der Waals surface area contributed by atoms with E-state index in [0.717, 1.165) is 10.9 Å². The number of para-hydroxylation sites is 1. The van der Waals surface area contributed by atoms with E-state index in [-0.39, 0.29) is 12.0 Å². The summed E-state index contributed by atoms with van der Waals surface area (Å²) in [5, 5.41) is 9.70. The Labute approximate surface area is 97.2 Å². The molecule has 4 heteroatoms. The maximum absolute atomic E-state index is 10.7. The maximum Gasteiger partial charge on any atom is 0.343 e. The second-order valence-electron chi connectivity index (χ2n) is 3.56. The molecule has 0 saturated heterocycles. The van der Waals surface area contributed by atoms with Crippen LogP contribution in [0.1, 0.15) is 5.69 Å². The van der Waals surface area contributed by atoms with Gasteiger partial charge in [0.2, 0.25) is 0 Å². The molecular formula is C13H9NO3. The van der Waals surface area contributed by atoms with Crippen LogP contribution in [0.4, 0.5) is 0 Å². The number of pyridine rings is 1. The Balaban J connectivity index is 2.37. The summed E-state index contributed by atoms with van der Waals surface area (Å²) in [6, 6.07) is 11.1. The molecule has 0 bridgehead atoms. The smallest absolute Gasteiger partial charge is 0.343 e. The van der Waals surface area contributed by atoms with Crippen molar-refractivity contribution in [2.24, 2.45) is 0 Å². The molecule has 0 saturated carbocycles. The van der Waals surface area contributed by atoms with E-state index < -0.39 is 5.97 Å². The number of carboxylic acid groups (broad SMARTS) is 1. The molecule has 0 spiro atoms. The lowest BCUT2D eigenvalue weighted by atomic mass is 10.1. The molecule has 0 radical (unpaired) electrons. The molecule has 0 amide bonds. The molecule has 0 unspecified atom stereocenters. The van der Waals surface area contributed by atoms with Gasteiger partial charge in [-0.3, -0.25) is 4.98 Å². The van der Waals surface area contributed by atoms with E-state index in [9.17, 15) is 9.59 Å². The molecule has 84 valence electrons. The van der Waals surface area contributed by atoms with Crippen LogP contribution in [0.3, 0.4) is 0 Å². The van der Waals surface area contributed by atoms with Crippen molar-refractivity contribution in [2.75, 3.05) is 0 Å². The van der Waals surface area contributed by atoms with Gasteiger partial charge in [0, 0.05) is 17.5 Å². The molecule has 0 aliphatic carbocycles. The maximum atomic E-state index is 10.7. The lowest BCUT2D eigenvalue weighted by Gasteiger charge is -2.01. The highest BCUT2D eigenvalue weighted by molar-refractivity contribution is 5.95. The zero-order valence-electron chi connectivity index (χ0n) is 8.88. The van der Waals surface area contributed by atoms with Gasteiger partial charge in [0.1, 0.15) is 11.5 Å². The summed E-state index contributed by atoms with van der Waals surface area (Å²) in [6.07, 6.45) is -0.0103. The highest BCUT2D eigenvalue weighted by atomic mass is 16.4. The van der Waals surface area contributed by atoms with Crippen molar-refractivity contribution in [1.29, 1.82) is 0 Å². The van der Waals surface area contributed by atoms with E-state index in [1.807, 2.05) is 30.3 Å². The predicted molar refractivity (Wildman–Crippen MR) is 62.3 cm³/mol. The van der Waals surface area contributed by atoms with E-state index in [2.05, 4.69) is 4.98 Å². The van der Waals surface area contributed by atoms with Crippen LogP contribution in [0.2, 0.25) is 0 Å². The number of nitrogens with zero attached hydrogens (tertiary/aromatic N) is 1. The normalized spacial score (nSPS) is 9.88. The van der Waals surface area contributed by atoms with Crippen LogP contribution in [0.15, 0.2) is 42.0 Å². The number of fused-ring (bicyclic) bond motifs is 1. The second-order valence-corrected chi connectivity index (χ2v) is 3.56. The molecule has 1 N–H and O–H groups in total. The molecule has 0 aliphatic heterocycles. The van der Waals surface area contributed by atoms with Crippen LogP contribution in [0.5, 0.6) is 0 Å². The molecule has 0 fully saturated rings. The first kappa shape index (κ1) is 11.0. The Kier molecular flexibility index (Phi) is 2.99. The average molecular weight is 227 g/mol. The molecule has 1 heterocycles. The minimum Gasteiger partial charge on any atom is -0.477 e. The molecule has 17 heavy (non-hydrogen) atoms. The minimum absolute atomic E-state index is 0.0103. The number of carbonyl (C=O) groups is 1. The quantitative estimate of drug-likeness (QED) is 0.639. The van der Waals surface area contributed by atoms with Crippen LogP contribution >= 0.6 is 0 Å². The summed E-state index contributed by atoms with van der Waals surface area (Å²) in [6.45, 7) is 0. The number of hydrogen-bond donors (Lipinski definition) is 1. The third-order valence-corrected chi connectivity index (χ3v) is 2.40. The molecule has 1 aromatic carbocycles. The molecule has 2 aromatic rings. The molecule has 0 atom stereocenters. The third kappa shape index (κ3) is 2.38. The monoisotopic (exact) mass is 227 g/mol. The fourth-order valence-corrected chi connectivity index (χ4v) is 1.54. The van der Waals surface area contributed by atoms with Crippen molar-refractivity contribution >= 4 is 22.8 Å². The van der Waals surface area contributed by atoms with Crippen molar-refractivity contribution < 1.29 is 14.7 Å². The SMILES string of the molecule is O=C=C(Cc1ccc2ccccc2n1)C(=O)O. The van der Waals surface area contributed by atoms with Crippen molar-refractivity contribution in [3.05, 3.63) is 47.7 Å². The number of carbonyl (C=O) groups excluding carboxylic acids is 1. The Morgan fingerprint density at radius 2 is 2.00 bits per heavy atom. The number of aliphatic carboxylic acids is 1. The van der Waals surface area contributed by atoms with Crippen molar-refractivity contribution in [1.82, 2.24) is 4.98 Å². The van der Waals surface area contributed by atoms with Gasteiger partial charge >= 0.3 is 5.97 Å². The number of benzene rings is 1. The van der Waals surface area contributed by atoms with E-state index in [1.165, 1.54) is 5.94 Å². The first-order chi connectivity index (χ1) is 8.20. The van der Waals surface area contributed by atoms with Crippen LogP contribution in [-0.4, -0.2) is 22.0 Å². The molecule has 0 aliphatic rings. The summed E-state index contributed by atoms with van der Waals surface area (Å²) in [4.78, 5) is 25.4. The third-order valence-electron chi connectivity index (χ3n) is 2.40. The van der Waals surface area contributed by atoms with Crippen LogP contribution in [0, 0.1) is 0 Å². The first-order valence-corrected chi connectivity index (χ1v) is 5.02. The fraction of sp³-hybridized carbons (Fsp3) is 0.0769. The van der Waals surface area contributed by atoms with Crippen molar-refractivity contribution in [2.45, 2.75) is 6.42 Å². The topological polar surface area (TPSA) is 67.3 Å². The van der Waals surface area contributed by atoms with E-state index >= 15 is 0 Å². The lowest BCUT2D eigenvalue weighted by molar-refractivity contribution is -0.132. The Morgan fingerprint density at radius 1 is 1.24 bits per heavy atom. The average Bonchev–Trinajstić information content (AvgIpc) is 2.35. The van der Waals surface area contributed by atoms with Crippen LogP contribution < -0.4 is 0 Å². The van der Waals surface area contributed by atoms with E-state index in [1.54, 1.807) is 6.07 Å². The largest absolute Gasteiger partial charge is 0.477 e. The van der Waals surface area contributed by atoms with Gasteiger partial charge in [-0.15, -0.1) is 0 Å². The Morgan fingerprint density at radius 3 is 2.71 bits per heavy atom. The summed E-state index contributed by atoms with van der Waals surface area (Å²) in [7, 11) is 0. The van der Waals surface area contributed by atoms with Crippen molar-refractivity contribution in [3.63, 3.8) is 0 Å². The van der Waals surface area contributed by atoms with Crippen LogP contribution in [0.25, 0.3) is 10.9 Å². The number of aromatic nitrogens is 1. The fourth-order valence-electron chi connectivity index (χ4n) is 1.54. The van der Waals surface area contributed by atoms with Gasteiger partial charge in [-0.05, 0) is 12.1 Å². The molecule has 2 rings (SSSR count). The summed E-state index contributed by atoms with van der Waals surface area (Å²) in [5.41, 5.74) is 1.01. The Bertz CT molecular complexity index is 627. The summed E-state index contributed by atoms with van der Waals surface area (Å²) < 4.78 is 0. The summed E-state index contributed by atoms with van der Waals surface area (Å²) in [5.74, 6) is 0.170. The van der Waals surface area contributed by atoms with E-state index in [0.29, 0.717) is 5.69 Å². The zero-order valence-corrected chi connectivity index (χ0v) is 8.88. The lowest BCUT2D eigenvalue weighted by Crippen LogP contribution is -2.05. The van der Waals surface area contributed by atoms with Gasteiger partial charge in [-0.1, -0.05) is 24.3 Å². The highest BCUT2D eigenvalue weighted by Crippen LogP contribution is 2.13. The van der Waals surface area contributed by atoms with Gasteiger partial charge in [0.15, 0.2) is 0 Å². The van der Waals surface area contributed by atoms with Gasteiger partial charge < -0.3 is 5.11 Å². The van der Waals surface area contributed by atoms with Crippen LogP contribution in [-0.2, 0) is 16.0 Å². The Hall–Kier alpha value is -2.45.